The Morgan fingerprint density at radius 1 is 0.891 bits per heavy atom. The number of nitrogens with one attached hydrogen (secondary N) is 1. The summed E-state index contributed by atoms with van der Waals surface area (Å²) in [5.74, 6) is -1.38. The van der Waals surface area contributed by atoms with Gasteiger partial charge >= 0.3 is 0 Å². The average Bonchev–Trinajstić information content (AvgIpc) is 3.02. The molecule has 0 bridgehead atoms. The van der Waals surface area contributed by atoms with Gasteiger partial charge in [-0.25, -0.2) is 12.8 Å². The summed E-state index contributed by atoms with van der Waals surface area (Å²) in [6.45, 7) is 4.70. The van der Waals surface area contributed by atoms with Gasteiger partial charge in [0.25, 0.3) is 10.0 Å². The monoisotopic (exact) mass is 665 g/mol. The molecule has 242 valence electrons. The lowest BCUT2D eigenvalue weighted by molar-refractivity contribution is -0.140. The fourth-order valence-electron chi connectivity index (χ4n) is 4.88. The molecule has 11 heteroatoms. The number of anilines is 1. The van der Waals surface area contributed by atoms with Crippen LogP contribution < -0.4 is 14.4 Å². The average molecular weight is 666 g/mol. The second-order valence-corrected chi connectivity index (χ2v) is 14.0. The minimum absolute atomic E-state index is 0.0488. The molecule has 0 aliphatic carbocycles. The normalized spacial score (nSPS) is 12.2. The van der Waals surface area contributed by atoms with Crippen LogP contribution in [-0.4, -0.2) is 50.4 Å². The number of halogens is 2. The molecule has 8 nitrogen and oxygen atoms in total. The van der Waals surface area contributed by atoms with Gasteiger partial charge in [-0.3, -0.25) is 13.9 Å². The van der Waals surface area contributed by atoms with Crippen molar-refractivity contribution in [1.29, 1.82) is 0 Å². The number of benzene rings is 4. The maximum atomic E-state index is 14.6. The molecule has 4 aromatic carbocycles. The van der Waals surface area contributed by atoms with Crippen LogP contribution in [0.15, 0.2) is 108 Å². The molecule has 2 amide bonds. The van der Waals surface area contributed by atoms with Gasteiger partial charge in [0.1, 0.15) is 24.2 Å². The van der Waals surface area contributed by atoms with E-state index in [-0.39, 0.29) is 34.3 Å². The van der Waals surface area contributed by atoms with Gasteiger partial charge < -0.3 is 15.0 Å². The molecular formula is C35H37ClFN3O5S. The number of hydrogen-bond donors (Lipinski definition) is 1. The zero-order valence-electron chi connectivity index (χ0n) is 26.1. The van der Waals surface area contributed by atoms with Crippen LogP contribution >= 0.6 is 11.6 Å². The first-order valence-electron chi connectivity index (χ1n) is 14.6. The summed E-state index contributed by atoms with van der Waals surface area (Å²) in [4.78, 5) is 29.8. The molecule has 4 aromatic rings. The van der Waals surface area contributed by atoms with Crippen LogP contribution in [-0.2, 0) is 32.6 Å². The van der Waals surface area contributed by atoms with Crippen molar-refractivity contribution < 1.29 is 27.1 Å². The van der Waals surface area contributed by atoms with Crippen molar-refractivity contribution >= 4 is 39.1 Å². The largest absolute Gasteiger partial charge is 0.495 e. The van der Waals surface area contributed by atoms with Crippen molar-refractivity contribution in [3.8, 4) is 5.75 Å². The Hall–Kier alpha value is -4.41. The predicted octanol–water partition coefficient (Wildman–Crippen LogP) is 6.24. The first-order chi connectivity index (χ1) is 21.8. The Morgan fingerprint density at radius 2 is 1.50 bits per heavy atom. The predicted molar refractivity (Wildman–Crippen MR) is 178 cm³/mol. The zero-order chi connectivity index (χ0) is 33.5. The lowest BCUT2D eigenvalue weighted by Crippen LogP contribution is -2.56. The molecule has 4 rings (SSSR count). The molecule has 46 heavy (non-hydrogen) atoms. The van der Waals surface area contributed by atoms with E-state index < -0.39 is 45.8 Å². The minimum Gasteiger partial charge on any atom is -0.495 e. The molecule has 1 N–H and O–H groups in total. The molecule has 0 aromatic heterocycles. The SMILES string of the molecule is COc1ccc(Cl)cc1N(CC(=O)N(Cc1ccc(F)cc1)[C@H](Cc1ccccc1)C(=O)NC(C)(C)C)S(=O)(=O)c1ccccc1. The van der Waals surface area contributed by atoms with Gasteiger partial charge in [-0.1, -0.05) is 72.3 Å². The maximum absolute atomic E-state index is 14.6. The Bertz CT molecular complexity index is 1750. The number of amides is 2. The van der Waals surface area contributed by atoms with E-state index in [0.29, 0.717) is 5.56 Å². The topological polar surface area (TPSA) is 96.0 Å². The highest BCUT2D eigenvalue weighted by molar-refractivity contribution is 7.92. The smallest absolute Gasteiger partial charge is 0.264 e. The van der Waals surface area contributed by atoms with E-state index in [1.54, 1.807) is 24.3 Å². The third-order valence-electron chi connectivity index (χ3n) is 7.06. The number of carbonyl (C=O) groups excluding carboxylic acids is 2. The second-order valence-electron chi connectivity index (χ2n) is 11.7. The number of sulfonamides is 1. The lowest BCUT2D eigenvalue weighted by atomic mass is 10.0. The van der Waals surface area contributed by atoms with E-state index in [0.717, 1.165) is 9.87 Å². The molecule has 0 saturated carbocycles. The Labute approximate surface area is 274 Å². The molecule has 1 atom stereocenters. The van der Waals surface area contributed by atoms with E-state index in [2.05, 4.69) is 5.32 Å². The fraction of sp³-hybridized carbons (Fsp3) is 0.257. The summed E-state index contributed by atoms with van der Waals surface area (Å²) < 4.78 is 48.7. The van der Waals surface area contributed by atoms with Gasteiger partial charge in [0, 0.05) is 23.5 Å². The van der Waals surface area contributed by atoms with Crippen LogP contribution in [0.25, 0.3) is 0 Å². The summed E-state index contributed by atoms with van der Waals surface area (Å²) in [5.41, 5.74) is 0.758. The van der Waals surface area contributed by atoms with Crippen LogP contribution in [0.5, 0.6) is 5.75 Å². The number of rotatable bonds is 12. The van der Waals surface area contributed by atoms with E-state index >= 15 is 0 Å². The first-order valence-corrected chi connectivity index (χ1v) is 16.4. The fourth-order valence-corrected chi connectivity index (χ4v) is 6.49. The molecular weight excluding hydrogens is 629 g/mol. The first kappa shape index (κ1) is 34.5. The van der Waals surface area contributed by atoms with Crippen LogP contribution in [0.2, 0.25) is 5.02 Å². The van der Waals surface area contributed by atoms with E-state index in [1.807, 2.05) is 51.1 Å². The van der Waals surface area contributed by atoms with Crippen LogP contribution in [0.3, 0.4) is 0 Å². The van der Waals surface area contributed by atoms with Crippen LogP contribution in [0.4, 0.5) is 10.1 Å². The highest BCUT2D eigenvalue weighted by atomic mass is 35.5. The van der Waals surface area contributed by atoms with Crippen molar-refractivity contribution in [1.82, 2.24) is 10.2 Å². The van der Waals surface area contributed by atoms with Gasteiger partial charge in [-0.15, -0.1) is 0 Å². The molecule has 0 unspecified atom stereocenters. The summed E-state index contributed by atoms with van der Waals surface area (Å²) in [6, 6.07) is 25.9. The molecule has 0 spiro atoms. The summed E-state index contributed by atoms with van der Waals surface area (Å²) in [6.07, 6.45) is 0.140. The second kappa shape index (κ2) is 14.8. The van der Waals surface area contributed by atoms with Crippen LogP contribution in [0, 0.1) is 5.82 Å². The zero-order valence-corrected chi connectivity index (χ0v) is 27.7. The summed E-state index contributed by atoms with van der Waals surface area (Å²) in [7, 11) is -2.96. The van der Waals surface area contributed by atoms with Crippen molar-refractivity contribution in [2.24, 2.45) is 0 Å². The highest BCUT2D eigenvalue weighted by Gasteiger charge is 2.36. The Balaban J connectivity index is 1.85. The van der Waals surface area contributed by atoms with Gasteiger partial charge in [0.2, 0.25) is 11.8 Å². The highest BCUT2D eigenvalue weighted by Crippen LogP contribution is 2.35. The molecule has 0 aliphatic heterocycles. The number of ether oxygens (including phenoxy) is 1. The number of carbonyl (C=O) groups is 2. The van der Waals surface area contributed by atoms with E-state index in [9.17, 15) is 22.4 Å². The Morgan fingerprint density at radius 3 is 2.09 bits per heavy atom. The van der Waals surface area contributed by atoms with Gasteiger partial charge in [-0.2, -0.15) is 0 Å². The third-order valence-corrected chi connectivity index (χ3v) is 9.06. The van der Waals surface area contributed by atoms with Crippen molar-refractivity contribution in [3.05, 3.63) is 125 Å². The van der Waals surface area contributed by atoms with Gasteiger partial charge in [-0.05, 0) is 74.4 Å². The lowest BCUT2D eigenvalue weighted by Gasteiger charge is -2.35. The standard InChI is InChI=1S/C35H37ClFN3O5S/c1-35(2,3)38-34(42)31(21-25-11-7-5-8-12-25)39(23-26-15-18-28(37)19-16-26)33(41)24-40(30-22-27(36)17-20-32(30)45-4)46(43,44)29-13-9-6-10-14-29/h5-20,22,31H,21,23-24H2,1-4H3,(H,38,42)/t31-/m1/s1. The Kier molecular flexibility index (Phi) is 11.1. The van der Waals surface area contributed by atoms with Gasteiger partial charge in [0.05, 0.1) is 17.7 Å². The number of methoxy groups -OCH3 is 1. The number of hydrogen-bond acceptors (Lipinski definition) is 5. The molecule has 0 saturated heterocycles. The summed E-state index contributed by atoms with van der Waals surface area (Å²) in [5, 5.41) is 3.20. The molecule has 0 aliphatic rings. The number of nitrogens with zero attached hydrogens (tertiary/aromatic N) is 2. The molecule has 0 radical (unpaired) electrons. The van der Waals surface area contributed by atoms with E-state index in [1.165, 1.54) is 60.5 Å². The van der Waals surface area contributed by atoms with Gasteiger partial charge in [0.15, 0.2) is 0 Å². The van der Waals surface area contributed by atoms with Crippen LogP contribution in [0.1, 0.15) is 31.9 Å². The van der Waals surface area contributed by atoms with Crippen molar-refractivity contribution in [3.63, 3.8) is 0 Å². The maximum Gasteiger partial charge on any atom is 0.264 e. The minimum atomic E-state index is -4.35. The molecule has 0 fully saturated rings. The summed E-state index contributed by atoms with van der Waals surface area (Å²) >= 11 is 6.32. The van der Waals surface area contributed by atoms with E-state index in [4.69, 9.17) is 16.3 Å². The third kappa shape index (κ3) is 8.86. The van der Waals surface area contributed by atoms with Crippen molar-refractivity contribution in [2.75, 3.05) is 18.0 Å². The van der Waals surface area contributed by atoms with Crippen molar-refractivity contribution in [2.45, 2.75) is 50.2 Å². The molecule has 0 heterocycles. The quantitative estimate of drug-likeness (QED) is 0.193.